The van der Waals surface area contributed by atoms with Gasteiger partial charge in [-0.1, -0.05) is 29.8 Å². The summed E-state index contributed by atoms with van der Waals surface area (Å²) in [5.41, 5.74) is -0.00756. The van der Waals surface area contributed by atoms with E-state index in [0.717, 1.165) is 4.47 Å². The second-order valence-corrected chi connectivity index (χ2v) is 6.99. The molecule has 122 valence electrons. The molecule has 0 aromatic heterocycles. The SMILES string of the molecule is COC(=O)[C@H]1C(O)=C(C=Nc2ccc(Br)cc2)C(=O)CC1(C)C. The summed E-state index contributed by atoms with van der Waals surface area (Å²) >= 11 is 3.33. The number of aliphatic hydroxyl groups excluding tert-OH is 1. The molecule has 0 aliphatic heterocycles. The highest BCUT2D eigenvalue weighted by atomic mass is 79.9. The molecular weight excluding hydrogens is 362 g/mol. The molecule has 23 heavy (non-hydrogen) atoms. The number of aliphatic imine (C=N–C) groups is 1. The molecule has 1 aromatic carbocycles. The quantitative estimate of drug-likeness (QED) is 0.640. The van der Waals surface area contributed by atoms with Crippen molar-refractivity contribution in [1.29, 1.82) is 0 Å². The van der Waals surface area contributed by atoms with Crippen LogP contribution in [0.25, 0.3) is 0 Å². The van der Waals surface area contributed by atoms with E-state index in [9.17, 15) is 14.7 Å². The van der Waals surface area contributed by atoms with E-state index in [1.807, 2.05) is 12.1 Å². The third-order valence-electron chi connectivity index (χ3n) is 3.85. The Morgan fingerprint density at radius 2 is 2.00 bits per heavy atom. The van der Waals surface area contributed by atoms with Gasteiger partial charge in [-0.25, -0.2) is 0 Å². The van der Waals surface area contributed by atoms with Gasteiger partial charge in [-0.2, -0.15) is 0 Å². The molecule has 0 amide bonds. The zero-order chi connectivity index (χ0) is 17.2. The lowest BCUT2D eigenvalue weighted by Gasteiger charge is -2.35. The van der Waals surface area contributed by atoms with Crippen LogP contribution in [0.2, 0.25) is 0 Å². The fraction of sp³-hybridized carbons (Fsp3) is 0.353. The number of hydrogen-bond acceptors (Lipinski definition) is 5. The Bertz CT molecular complexity index is 689. The van der Waals surface area contributed by atoms with Gasteiger partial charge < -0.3 is 9.84 Å². The minimum atomic E-state index is -0.878. The molecule has 0 bridgehead atoms. The fourth-order valence-corrected chi connectivity index (χ4v) is 2.90. The first-order valence-electron chi connectivity index (χ1n) is 7.10. The lowest BCUT2D eigenvalue weighted by atomic mass is 9.68. The lowest BCUT2D eigenvalue weighted by molar-refractivity contribution is -0.150. The number of halogens is 1. The minimum Gasteiger partial charge on any atom is -0.511 e. The van der Waals surface area contributed by atoms with E-state index >= 15 is 0 Å². The summed E-state index contributed by atoms with van der Waals surface area (Å²) in [6.45, 7) is 3.51. The van der Waals surface area contributed by atoms with Crippen LogP contribution in [-0.4, -0.2) is 30.2 Å². The van der Waals surface area contributed by atoms with Gasteiger partial charge in [0.15, 0.2) is 5.78 Å². The molecule has 0 saturated heterocycles. The van der Waals surface area contributed by atoms with Crippen molar-refractivity contribution in [3.63, 3.8) is 0 Å². The van der Waals surface area contributed by atoms with Gasteiger partial charge in [0.25, 0.3) is 0 Å². The monoisotopic (exact) mass is 379 g/mol. The van der Waals surface area contributed by atoms with Crippen LogP contribution in [0.1, 0.15) is 20.3 Å². The molecule has 1 N–H and O–H groups in total. The highest BCUT2D eigenvalue weighted by Crippen LogP contribution is 2.41. The molecule has 2 rings (SSSR count). The number of ketones is 1. The number of carbonyl (C=O) groups is 2. The summed E-state index contributed by atoms with van der Waals surface area (Å²) in [7, 11) is 1.26. The van der Waals surface area contributed by atoms with Gasteiger partial charge in [-0.05, 0) is 29.7 Å². The standard InChI is InChI=1S/C17H18BrNO4/c1-17(2)8-13(20)12(15(21)14(17)16(22)23-3)9-19-11-6-4-10(18)5-7-11/h4-7,9,14,21H,8H2,1-3H3/t14-/m1/s1. The molecular formula is C17H18BrNO4. The van der Waals surface area contributed by atoms with E-state index in [0.29, 0.717) is 5.69 Å². The smallest absolute Gasteiger partial charge is 0.316 e. The number of allylic oxidation sites excluding steroid dienone is 1. The number of Topliss-reactive ketones (excluding diaryl/α,β-unsaturated/α-hetero) is 1. The van der Waals surface area contributed by atoms with Crippen LogP contribution in [0, 0.1) is 11.3 Å². The summed E-state index contributed by atoms with van der Waals surface area (Å²) in [5, 5.41) is 10.4. The van der Waals surface area contributed by atoms with Gasteiger partial charge >= 0.3 is 5.97 Å². The highest BCUT2D eigenvalue weighted by molar-refractivity contribution is 9.10. The summed E-state index contributed by atoms with van der Waals surface area (Å²) in [4.78, 5) is 28.5. The molecule has 1 aliphatic carbocycles. The third-order valence-corrected chi connectivity index (χ3v) is 4.38. The van der Waals surface area contributed by atoms with Gasteiger partial charge in [0.05, 0.1) is 18.4 Å². The Balaban J connectivity index is 2.40. The molecule has 6 heteroatoms. The Hall–Kier alpha value is -1.95. The largest absolute Gasteiger partial charge is 0.511 e. The molecule has 0 radical (unpaired) electrons. The predicted octanol–water partition coefficient (Wildman–Crippen LogP) is 3.75. The molecule has 0 saturated carbocycles. The van der Waals surface area contributed by atoms with Crippen LogP contribution in [0.5, 0.6) is 0 Å². The van der Waals surface area contributed by atoms with Crippen molar-refractivity contribution in [2.45, 2.75) is 20.3 Å². The number of rotatable bonds is 3. The van der Waals surface area contributed by atoms with Crippen molar-refractivity contribution in [2.24, 2.45) is 16.3 Å². The van der Waals surface area contributed by atoms with Crippen LogP contribution in [0.3, 0.4) is 0 Å². The first-order chi connectivity index (χ1) is 10.8. The highest BCUT2D eigenvalue weighted by Gasteiger charge is 2.46. The number of esters is 1. The Labute approximate surface area is 143 Å². The van der Waals surface area contributed by atoms with Crippen LogP contribution >= 0.6 is 15.9 Å². The minimum absolute atomic E-state index is 0.0580. The van der Waals surface area contributed by atoms with Gasteiger partial charge in [0, 0.05) is 17.1 Å². The van der Waals surface area contributed by atoms with Gasteiger partial charge in [0.2, 0.25) is 0 Å². The van der Waals surface area contributed by atoms with E-state index in [1.54, 1.807) is 26.0 Å². The van der Waals surface area contributed by atoms with Crippen LogP contribution in [0.15, 0.2) is 45.1 Å². The summed E-state index contributed by atoms with van der Waals surface area (Å²) in [6.07, 6.45) is 1.45. The molecule has 0 spiro atoms. The number of aliphatic hydroxyl groups is 1. The van der Waals surface area contributed by atoms with Crippen molar-refractivity contribution >= 4 is 39.6 Å². The van der Waals surface area contributed by atoms with Crippen molar-refractivity contribution in [2.75, 3.05) is 7.11 Å². The fourth-order valence-electron chi connectivity index (χ4n) is 2.63. The Kier molecular flexibility index (Phi) is 5.04. The maximum absolute atomic E-state index is 12.3. The van der Waals surface area contributed by atoms with E-state index in [4.69, 9.17) is 4.74 Å². The molecule has 0 unspecified atom stereocenters. The lowest BCUT2D eigenvalue weighted by Crippen LogP contribution is -2.40. The van der Waals surface area contributed by atoms with Crippen molar-refractivity contribution in [3.05, 3.63) is 40.1 Å². The van der Waals surface area contributed by atoms with E-state index in [2.05, 4.69) is 20.9 Å². The molecule has 1 aromatic rings. The number of methoxy groups -OCH3 is 1. The zero-order valence-electron chi connectivity index (χ0n) is 13.2. The Morgan fingerprint density at radius 1 is 1.39 bits per heavy atom. The van der Waals surface area contributed by atoms with E-state index in [1.165, 1.54) is 13.3 Å². The number of carbonyl (C=O) groups excluding carboxylic acids is 2. The summed E-state index contributed by atoms with van der Waals surface area (Å²) in [5.74, 6) is -1.96. The number of ether oxygens (including phenoxy) is 1. The van der Waals surface area contributed by atoms with E-state index in [-0.39, 0.29) is 23.5 Å². The second kappa shape index (κ2) is 6.66. The van der Waals surface area contributed by atoms with Crippen molar-refractivity contribution < 1.29 is 19.4 Å². The first-order valence-corrected chi connectivity index (χ1v) is 7.89. The topological polar surface area (TPSA) is 76.0 Å². The van der Waals surface area contributed by atoms with Crippen LogP contribution < -0.4 is 0 Å². The second-order valence-electron chi connectivity index (χ2n) is 6.08. The maximum atomic E-state index is 12.3. The molecule has 0 heterocycles. The van der Waals surface area contributed by atoms with Gasteiger partial charge in [-0.15, -0.1) is 0 Å². The van der Waals surface area contributed by atoms with E-state index < -0.39 is 17.3 Å². The molecule has 1 atom stereocenters. The van der Waals surface area contributed by atoms with Crippen LogP contribution in [-0.2, 0) is 14.3 Å². The molecule has 0 fully saturated rings. The normalized spacial score (nSPS) is 20.9. The number of nitrogens with zero attached hydrogens (tertiary/aromatic N) is 1. The van der Waals surface area contributed by atoms with Gasteiger partial charge in [-0.3, -0.25) is 14.6 Å². The van der Waals surface area contributed by atoms with Crippen molar-refractivity contribution in [3.8, 4) is 0 Å². The average molecular weight is 380 g/mol. The van der Waals surface area contributed by atoms with Crippen molar-refractivity contribution in [1.82, 2.24) is 0 Å². The first kappa shape index (κ1) is 17.4. The summed E-state index contributed by atoms with van der Waals surface area (Å²) < 4.78 is 5.68. The number of hydrogen-bond donors (Lipinski definition) is 1. The number of benzene rings is 1. The van der Waals surface area contributed by atoms with Crippen LogP contribution in [0.4, 0.5) is 5.69 Å². The van der Waals surface area contributed by atoms with Gasteiger partial charge in [0.1, 0.15) is 11.7 Å². The Morgan fingerprint density at radius 3 is 2.57 bits per heavy atom. The molecule has 1 aliphatic rings. The zero-order valence-corrected chi connectivity index (χ0v) is 14.8. The third kappa shape index (κ3) is 3.69. The summed E-state index contributed by atoms with van der Waals surface area (Å²) in [6, 6.07) is 7.19. The predicted molar refractivity (Wildman–Crippen MR) is 90.9 cm³/mol. The molecule has 5 nitrogen and oxygen atoms in total. The average Bonchev–Trinajstić information content (AvgIpc) is 2.47. The maximum Gasteiger partial charge on any atom is 0.316 e.